The van der Waals surface area contributed by atoms with Gasteiger partial charge in [-0.2, -0.15) is 0 Å². The van der Waals surface area contributed by atoms with Crippen LogP contribution in [0.15, 0.2) is 18.2 Å². The lowest BCUT2D eigenvalue weighted by molar-refractivity contribution is -0.115. The molecule has 1 aromatic rings. The minimum absolute atomic E-state index is 0.118. The molecule has 20 heavy (non-hydrogen) atoms. The minimum atomic E-state index is -0.432. The second kappa shape index (κ2) is 7.02. The molecule has 0 aliphatic carbocycles. The Bertz CT molecular complexity index is 478. The van der Waals surface area contributed by atoms with Crippen molar-refractivity contribution < 1.29 is 13.9 Å². The fourth-order valence-corrected chi connectivity index (χ4v) is 2.38. The maximum absolute atomic E-state index is 12.9. The van der Waals surface area contributed by atoms with Gasteiger partial charge in [-0.1, -0.05) is 11.6 Å². The third kappa shape index (κ3) is 4.16. The summed E-state index contributed by atoms with van der Waals surface area (Å²) >= 11 is 5.84. The van der Waals surface area contributed by atoms with E-state index in [4.69, 9.17) is 16.3 Å². The zero-order valence-corrected chi connectivity index (χ0v) is 12.0. The molecule has 2 atom stereocenters. The number of rotatable bonds is 5. The standard InChI is InChI=1S/C14H18ClFN2O2/c1-9(13-3-2-6-20-13)17-8-14(19)18-12-5-4-10(16)7-11(12)15/h4-5,7,9,13,17H,2-3,6,8H2,1H3,(H,18,19)/t9-,13-/m0/s1. The van der Waals surface area contributed by atoms with E-state index < -0.39 is 5.82 Å². The maximum Gasteiger partial charge on any atom is 0.238 e. The molecule has 0 bridgehead atoms. The summed E-state index contributed by atoms with van der Waals surface area (Å²) in [6.45, 7) is 2.94. The van der Waals surface area contributed by atoms with Gasteiger partial charge in [-0.25, -0.2) is 4.39 Å². The lowest BCUT2D eigenvalue weighted by Gasteiger charge is -2.19. The van der Waals surface area contributed by atoms with Crippen molar-refractivity contribution in [2.75, 3.05) is 18.5 Å². The van der Waals surface area contributed by atoms with Crippen LogP contribution in [0.2, 0.25) is 5.02 Å². The number of nitrogens with one attached hydrogen (secondary N) is 2. The van der Waals surface area contributed by atoms with Crippen LogP contribution in [0.25, 0.3) is 0 Å². The van der Waals surface area contributed by atoms with Crippen LogP contribution in [0, 0.1) is 5.82 Å². The van der Waals surface area contributed by atoms with Crippen LogP contribution in [0.3, 0.4) is 0 Å². The fourth-order valence-electron chi connectivity index (χ4n) is 2.17. The second-order valence-corrected chi connectivity index (χ2v) is 5.30. The number of benzene rings is 1. The highest BCUT2D eigenvalue weighted by molar-refractivity contribution is 6.33. The zero-order chi connectivity index (χ0) is 14.5. The quantitative estimate of drug-likeness (QED) is 0.879. The topological polar surface area (TPSA) is 50.4 Å². The maximum atomic E-state index is 12.9. The van der Waals surface area contributed by atoms with Gasteiger partial charge in [-0.3, -0.25) is 4.79 Å². The lowest BCUT2D eigenvalue weighted by atomic mass is 10.1. The van der Waals surface area contributed by atoms with Crippen LogP contribution in [-0.4, -0.2) is 31.2 Å². The summed E-state index contributed by atoms with van der Waals surface area (Å²) in [5, 5.41) is 5.95. The summed E-state index contributed by atoms with van der Waals surface area (Å²) in [7, 11) is 0. The zero-order valence-electron chi connectivity index (χ0n) is 11.3. The number of carbonyl (C=O) groups is 1. The number of anilines is 1. The van der Waals surface area contributed by atoms with E-state index >= 15 is 0 Å². The van der Waals surface area contributed by atoms with E-state index in [1.807, 2.05) is 6.92 Å². The second-order valence-electron chi connectivity index (χ2n) is 4.89. The molecular formula is C14H18ClFN2O2. The first-order valence-corrected chi connectivity index (χ1v) is 7.04. The molecule has 1 aliphatic rings. The molecule has 2 rings (SSSR count). The Morgan fingerprint density at radius 3 is 3.05 bits per heavy atom. The van der Waals surface area contributed by atoms with Gasteiger partial charge in [0.1, 0.15) is 5.82 Å². The smallest absolute Gasteiger partial charge is 0.238 e. The van der Waals surface area contributed by atoms with E-state index in [1.54, 1.807) is 0 Å². The van der Waals surface area contributed by atoms with E-state index in [0.717, 1.165) is 19.4 Å². The first-order valence-electron chi connectivity index (χ1n) is 6.66. The summed E-state index contributed by atoms with van der Waals surface area (Å²) in [4.78, 5) is 11.8. The van der Waals surface area contributed by atoms with Gasteiger partial charge in [-0.15, -0.1) is 0 Å². The van der Waals surface area contributed by atoms with Gasteiger partial charge < -0.3 is 15.4 Å². The minimum Gasteiger partial charge on any atom is -0.377 e. The molecule has 0 unspecified atom stereocenters. The Labute approximate surface area is 122 Å². The Morgan fingerprint density at radius 1 is 1.60 bits per heavy atom. The Hall–Kier alpha value is -1.17. The number of hydrogen-bond acceptors (Lipinski definition) is 3. The molecule has 0 radical (unpaired) electrons. The van der Waals surface area contributed by atoms with Crippen molar-refractivity contribution in [2.45, 2.75) is 31.9 Å². The molecule has 6 heteroatoms. The average molecular weight is 301 g/mol. The highest BCUT2D eigenvalue weighted by Gasteiger charge is 2.22. The molecule has 2 N–H and O–H groups in total. The summed E-state index contributed by atoms with van der Waals surface area (Å²) in [6.07, 6.45) is 2.24. The molecule has 1 fully saturated rings. The molecule has 0 aromatic heterocycles. The highest BCUT2D eigenvalue weighted by Crippen LogP contribution is 2.22. The van der Waals surface area contributed by atoms with Crippen LogP contribution in [0.4, 0.5) is 10.1 Å². The number of hydrogen-bond donors (Lipinski definition) is 2. The van der Waals surface area contributed by atoms with Crippen molar-refractivity contribution in [3.63, 3.8) is 0 Å². The molecule has 110 valence electrons. The van der Waals surface area contributed by atoms with Crippen LogP contribution in [0.5, 0.6) is 0 Å². The van der Waals surface area contributed by atoms with Gasteiger partial charge in [0, 0.05) is 12.6 Å². The van der Waals surface area contributed by atoms with Gasteiger partial charge in [0.2, 0.25) is 5.91 Å². The average Bonchev–Trinajstić information content (AvgIpc) is 2.93. The monoisotopic (exact) mass is 300 g/mol. The molecule has 1 aromatic carbocycles. The van der Waals surface area contributed by atoms with E-state index in [2.05, 4.69) is 10.6 Å². The van der Waals surface area contributed by atoms with Crippen LogP contribution in [-0.2, 0) is 9.53 Å². The third-order valence-corrected chi connectivity index (χ3v) is 3.63. The number of halogens is 2. The van der Waals surface area contributed by atoms with Gasteiger partial charge >= 0.3 is 0 Å². The van der Waals surface area contributed by atoms with Gasteiger partial charge in [-0.05, 0) is 38.0 Å². The molecular weight excluding hydrogens is 283 g/mol. The Balaban J connectivity index is 1.80. The molecule has 0 saturated carbocycles. The van der Waals surface area contributed by atoms with Crippen molar-refractivity contribution in [2.24, 2.45) is 0 Å². The van der Waals surface area contributed by atoms with Crippen LogP contribution < -0.4 is 10.6 Å². The molecule has 1 heterocycles. The molecule has 1 aliphatic heterocycles. The third-order valence-electron chi connectivity index (χ3n) is 3.31. The SMILES string of the molecule is C[C@H](NCC(=O)Nc1ccc(F)cc1Cl)[C@@H]1CCCO1. The largest absolute Gasteiger partial charge is 0.377 e. The Morgan fingerprint density at radius 2 is 2.40 bits per heavy atom. The first-order chi connectivity index (χ1) is 9.56. The molecule has 0 spiro atoms. The van der Waals surface area contributed by atoms with E-state index in [0.29, 0.717) is 5.69 Å². The molecule has 1 amide bonds. The van der Waals surface area contributed by atoms with Crippen molar-refractivity contribution in [1.82, 2.24) is 5.32 Å². The molecule has 1 saturated heterocycles. The van der Waals surface area contributed by atoms with Gasteiger partial charge in [0.15, 0.2) is 0 Å². The van der Waals surface area contributed by atoms with E-state index in [1.165, 1.54) is 18.2 Å². The lowest BCUT2D eigenvalue weighted by Crippen LogP contribution is -2.41. The van der Waals surface area contributed by atoms with E-state index in [-0.39, 0.29) is 29.6 Å². The van der Waals surface area contributed by atoms with E-state index in [9.17, 15) is 9.18 Å². The van der Waals surface area contributed by atoms with Crippen molar-refractivity contribution >= 4 is 23.2 Å². The Kier molecular flexibility index (Phi) is 5.34. The van der Waals surface area contributed by atoms with Gasteiger partial charge in [0.05, 0.1) is 23.4 Å². The normalized spacial score (nSPS) is 19.9. The predicted octanol–water partition coefficient (Wildman–Crippen LogP) is 2.57. The van der Waals surface area contributed by atoms with Crippen LogP contribution >= 0.6 is 11.6 Å². The first kappa shape index (κ1) is 15.2. The summed E-state index contributed by atoms with van der Waals surface area (Å²) in [5.74, 6) is -0.651. The number of carbonyl (C=O) groups excluding carboxylic acids is 1. The summed E-state index contributed by atoms with van der Waals surface area (Å²) in [6, 6.07) is 3.98. The highest BCUT2D eigenvalue weighted by atomic mass is 35.5. The van der Waals surface area contributed by atoms with Crippen LogP contribution in [0.1, 0.15) is 19.8 Å². The van der Waals surface area contributed by atoms with Crippen molar-refractivity contribution in [3.05, 3.63) is 29.0 Å². The van der Waals surface area contributed by atoms with Gasteiger partial charge in [0.25, 0.3) is 0 Å². The number of ether oxygens (including phenoxy) is 1. The van der Waals surface area contributed by atoms with Crippen molar-refractivity contribution in [3.8, 4) is 0 Å². The summed E-state index contributed by atoms with van der Waals surface area (Å²) in [5.41, 5.74) is 0.407. The number of amides is 1. The predicted molar refractivity (Wildman–Crippen MR) is 76.5 cm³/mol. The molecule has 4 nitrogen and oxygen atoms in total. The summed E-state index contributed by atoms with van der Waals surface area (Å²) < 4.78 is 18.4. The van der Waals surface area contributed by atoms with Crippen molar-refractivity contribution in [1.29, 1.82) is 0 Å². The fraction of sp³-hybridized carbons (Fsp3) is 0.500.